The molecule has 0 aromatic heterocycles. The van der Waals surface area contributed by atoms with Gasteiger partial charge in [0, 0.05) is 11.8 Å². The molecule has 0 spiro atoms. The Balaban J connectivity index is 1.39. The molecular weight excluding hydrogens is 412 g/mol. The van der Waals surface area contributed by atoms with E-state index in [2.05, 4.69) is 50.3 Å². The first-order valence-corrected chi connectivity index (χ1v) is 14.7. The molecule has 0 aromatic rings. The van der Waals surface area contributed by atoms with Crippen molar-refractivity contribution in [2.24, 2.45) is 59.2 Å². The van der Waals surface area contributed by atoms with Crippen LogP contribution in [0, 0.1) is 81.8 Å². The summed E-state index contributed by atoms with van der Waals surface area (Å²) in [5.74, 6) is 6.93. The Kier molecular flexibility index (Phi) is 9.34. The van der Waals surface area contributed by atoms with Crippen LogP contribution in [-0.2, 0) is 0 Å². The van der Waals surface area contributed by atoms with Crippen molar-refractivity contribution in [1.29, 1.82) is 10.5 Å². The van der Waals surface area contributed by atoms with Crippen molar-refractivity contribution in [1.82, 2.24) is 0 Å². The van der Waals surface area contributed by atoms with E-state index in [1.165, 1.54) is 64.2 Å². The summed E-state index contributed by atoms with van der Waals surface area (Å²) in [6, 6.07) is 4.97. The van der Waals surface area contributed by atoms with Gasteiger partial charge in [0.15, 0.2) is 0 Å². The minimum absolute atomic E-state index is 0.304. The number of rotatable bonds is 5. The van der Waals surface area contributed by atoms with E-state index < -0.39 is 0 Å². The minimum atomic E-state index is 0.304. The fraction of sp³-hybridized carbons (Fsp3) is 0.812. The van der Waals surface area contributed by atoms with E-state index in [-0.39, 0.29) is 0 Å². The van der Waals surface area contributed by atoms with Crippen molar-refractivity contribution < 1.29 is 0 Å². The van der Waals surface area contributed by atoms with Crippen LogP contribution >= 0.6 is 0 Å². The Bertz CT molecular complexity index is 758. The van der Waals surface area contributed by atoms with Crippen LogP contribution in [0.15, 0.2) is 24.3 Å². The monoisotopic (exact) mass is 460 g/mol. The maximum Gasteiger partial charge on any atom is 0.0655 e. The van der Waals surface area contributed by atoms with Gasteiger partial charge in [-0.05, 0) is 124 Å². The van der Waals surface area contributed by atoms with Crippen LogP contribution in [0.4, 0.5) is 0 Å². The standard InChI is InChI=1S/C32H48N2/c1-23-3-15-29(16-4-23)32-20-30(17-13-25-5-9-27(21-33)10-6-25)24(2)19-31(32)18-14-26-7-11-28(22-34)12-8-26/h13-14,17-18,23-32H,3-12,15-16,19-20H2,1-2H3/b17-13+,18-14+. The summed E-state index contributed by atoms with van der Waals surface area (Å²) in [4.78, 5) is 0. The first-order chi connectivity index (χ1) is 16.6. The molecule has 0 aromatic carbocycles. The van der Waals surface area contributed by atoms with Crippen LogP contribution in [0.5, 0.6) is 0 Å². The predicted molar refractivity (Wildman–Crippen MR) is 140 cm³/mol. The Morgan fingerprint density at radius 1 is 0.559 bits per heavy atom. The third-order valence-corrected chi connectivity index (χ3v) is 10.3. The van der Waals surface area contributed by atoms with Crippen LogP contribution in [0.3, 0.4) is 0 Å². The van der Waals surface area contributed by atoms with E-state index in [0.29, 0.717) is 23.7 Å². The second-order valence-corrected chi connectivity index (χ2v) is 12.7. The highest BCUT2D eigenvalue weighted by Gasteiger charge is 2.38. The molecule has 186 valence electrons. The molecule has 2 nitrogen and oxygen atoms in total. The van der Waals surface area contributed by atoms with E-state index in [1.54, 1.807) is 0 Å². The lowest BCUT2D eigenvalue weighted by Gasteiger charge is -2.44. The Hall–Kier alpha value is -1.54. The van der Waals surface area contributed by atoms with Gasteiger partial charge >= 0.3 is 0 Å². The van der Waals surface area contributed by atoms with Gasteiger partial charge in [-0.25, -0.2) is 0 Å². The molecule has 0 saturated heterocycles. The third kappa shape index (κ3) is 6.78. The highest BCUT2D eigenvalue weighted by Crippen LogP contribution is 2.48. The first-order valence-electron chi connectivity index (χ1n) is 14.7. The van der Waals surface area contributed by atoms with E-state index in [0.717, 1.165) is 61.2 Å². The minimum Gasteiger partial charge on any atom is -0.198 e. The number of hydrogen-bond donors (Lipinski definition) is 0. The Morgan fingerprint density at radius 2 is 1.06 bits per heavy atom. The Morgan fingerprint density at radius 3 is 1.56 bits per heavy atom. The fourth-order valence-corrected chi connectivity index (χ4v) is 7.73. The van der Waals surface area contributed by atoms with Gasteiger partial charge in [-0.1, -0.05) is 51.0 Å². The highest BCUT2D eigenvalue weighted by molar-refractivity contribution is 5.06. The summed E-state index contributed by atoms with van der Waals surface area (Å²) in [6.45, 7) is 4.94. The van der Waals surface area contributed by atoms with Crippen LogP contribution in [0.25, 0.3) is 0 Å². The zero-order valence-electron chi connectivity index (χ0n) is 21.9. The van der Waals surface area contributed by atoms with Crippen molar-refractivity contribution in [2.75, 3.05) is 0 Å². The number of nitrogens with zero attached hydrogens (tertiary/aromatic N) is 2. The molecule has 4 aliphatic carbocycles. The van der Waals surface area contributed by atoms with Gasteiger partial charge in [-0.2, -0.15) is 10.5 Å². The summed E-state index contributed by atoms with van der Waals surface area (Å²) in [7, 11) is 0. The molecule has 0 bridgehead atoms. The quantitative estimate of drug-likeness (QED) is 0.385. The average molecular weight is 461 g/mol. The zero-order chi connectivity index (χ0) is 23.9. The smallest absolute Gasteiger partial charge is 0.0655 e. The largest absolute Gasteiger partial charge is 0.198 e. The van der Waals surface area contributed by atoms with Crippen LogP contribution in [0.1, 0.15) is 104 Å². The molecule has 0 heterocycles. The van der Waals surface area contributed by atoms with Gasteiger partial charge in [0.2, 0.25) is 0 Å². The summed E-state index contributed by atoms with van der Waals surface area (Å²) >= 11 is 0. The van der Waals surface area contributed by atoms with Crippen molar-refractivity contribution in [3.8, 4) is 12.1 Å². The van der Waals surface area contributed by atoms with Crippen LogP contribution < -0.4 is 0 Å². The van der Waals surface area contributed by atoms with Gasteiger partial charge < -0.3 is 0 Å². The van der Waals surface area contributed by atoms with E-state index >= 15 is 0 Å². The van der Waals surface area contributed by atoms with Crippen molar-refractivity contribution >= 4 is 0 Å². The molecule has 4 saturated carbocycles. The molecular formula is C32H48N2. The fourth-order valence-electron chi connectivity index (χ4n) is 7.73. The molecule has 2 heteroatoms. The van der Waals surface area contributed by atoms with E-state index in [4.69, 9.17) is 0 Å². The van der Waals surface area contributed by atoms with Gasteiger partial charge in [0.25, 0.3) is 0 Å². The number of hydrogen-bond acceptors (Lipinski definition) is 2. The summed E-state index contributed by atoms with van der Waals surface area (Å²) in [5.41, 5.74) is 0. The molecule has 0 N–H and O–H groups in total. The second kappa shape index (κ2) is 12.4. The molecule has 34 heavy (non-hydrogen) atoms. The molecule has 0 aliphatic heterocycles. The van der Waals surface area contributed by atoms with Gasteiger partial charge in [0.1, 0.15) is 0 Å². The maximum absolute atomic E-state index is 9.23. The maximum atomic E-state index is 9.23. The SMILES string of the molecule is CC1CCC(C2CC(/C=C/C3CCC(C#N)CC3)C(C)CC2/C=C/C2CCC(C#N)CC2)CC1. The molecule has 4 atom stereocenters. The molecule has 0 radical (unpaired) electrons. The Labute approximate surface area is 209 Å². The lowest BCUT2D eigenvalue weighted by Crippen LogP contribution is -2.35. The normalized spacial score (nSPS) is 44.0. The number of allylic oxidation sites excluding steroid dienone is 4. The van der Waals surface area contributed by atoms with Crippen molar-refractivity contribution in [3.05, 3.63) is 24.3 Å². The molecule has 4 fully saturated rings. The van der Waals surface area contributed by atoms with Crippen LogP contribution in [0.2, 0.25) is 0 Å². The van der Waals surface area contributed by atoms with Crippen LogP contribution in [-0.4, -0.2) is 0 Å². The zero-order valence-corrected chi connectivity index (χ0v) is 21.9. The van der Waals surface area contributed by atoms with Gasteiger partial charge in [0.05, 0.1) is 12.1 Å². The molecule has 4 aliphatic rings. The highest BCUT2D eigenvalue weighted by atomic mass is 14.4. The second-order valence-electron chi connectivity index (χ2n) is 12.7. The van der Waals surface area contributed by atoms with Crippen molar-refractivity contribution in [3.63, 3.8) is 0 Å². The van der Waals surface area contributed by atoms with Crippen molar-refractivity contribution in [2.45, 2.75) is 104 Å². The topological polar surface area (TPSA) is 47.6 Å². The lowest BCUT2D eigenvalue weighted by molar-refractivity contribution is 0.0931. The van der Waals surface area contributed by atoms with Gasteiger partial charge in [-0.3, -0.25) is 0 Å². The summed E-state index contributed by atoms with van der Waals surface area (Å²) in [6.07, 6.45) is 28.1. The lowest BCUT2D eigenvalue weighted by atomic mass is 9.61. The summed E-state index contributed by atoms with van der Waals surface area (Å²) < 4.78 is 0. The van der Waals surface area contributed by atoms with Gasteiger partial charge in [-0.15, -0.1) is 0 Å². The van der Waals surface area contributed by atoms with E-state index in [9.17, 15) is 10.5 Å². The predicted octanol–water partition coefficient (Wildman–Crippen LogP) is 8.86. The molecule has 4 rings (SSSR count). The average Bonchev–Trinajstić information content (AvgIpc) is 2.88. The molecule has 0 amide bonds. The van der Waals surface area contributed by atoms with E-state index in [1.807, 2.05) is 0 Å². The third-order valence-electron chi connectivity index (χ3n) is 10.3. The first kappa shape index (κ1) is 25.5. The molecule has 4 unspecified atom stereocenters. The number of nitriles is 2. The summed E-state index contributed by atoms with van der Waals surface area (Å²) in [5, 5.41) is 18.4.